The number of aromatic nitrogens is 2. The Morgan fingerprint density at radius 3 is 2.71 bits per heavy atom. The fraction of sp³-hybridized carbons (Fsp3) is 0.0476. The van der Waals surface area contributed by atoms with Gasteiger partial charge >= 0.3 is 0 Å². The predicted molar refractivity (Wildman–Crippen MR) is 118 cm³/mol. The van der Waals surface area contributed by atoms with E-state index in [1.807, 2.05) is 30.3 Å². The molecule has 0 bridgehead atoms. The minimum absolute atomic E-state index is 0.0574. The third kappa shape index (κ3) is 4.12. The van der Waals surface area contributed by atoms with Gasteiger partial charge in [-0.1, -0.05) is 41.9 Å². The van der Waals surface area contributed by atoms with Crippen LogP contribution in [-0.2, 0) is 4.79 Å². The van der Waals surface area contributed by atoms with Crippen molar-refractivity contribution in [2.45, 2.75) is 6.92 Å². The van der Waals surface area contributed by atoms with Crippen molar-refractivity contribution in [1.29, 1.82) is 0 Å². The molecule has 0 aliphatic carbocycles. The van der Waals surface area contributed by atoms with Crippen LogP contribution in [0.15, 0.2) is 70.3 Å². The van der Waals surface area contributed by atoms with Crippen LogP contribution in [0.2, 0.25) is 5.15 Å². The van der Waals surface area contributed by atoms with Crippen LogP contribution < -0.4 is 5.43 Å². The van der Waals surface area contributed by atoms with Gasteiger partial charge in [-0.05, 0) is 30.7 Å². The highest BCUT2D eigenvalue weighted by atomic mass is 35.5. The standard InChI is InChI=1S/C21H15ClN6O3/c1-13-17(19(22)27(26-13)15-7-3-2-4-8-15)11-18-20(24-25-21(18)29)23-12-14-6-5-9-16(10-14)28(30)31/h2-12H,1H3,(H,25,29)/b18-11-,23-12?. The lowest BCUT2D eigenvalue weighted by Gasteiger charge is -2.02. The molecule has 0 atom stereocenters. The minimum atomic E-state index is -0.490. The zero-order valence-electron chi connectivity index (χ0n) is 16.2. The number of non-ortho nitro benzene ring substituents is 1. The number of aryl methyl sites for hydroxylation is 1. The summed E-state index contributed by atoms with van der Waals surface area (Å²) < 4.78 is 1.58. The fourth-order valence-corrected chi connectivity index (χ4v) is 3.30. The zero-order chi connectivity index (χ0) is 22.0. The van der Waals surface area contributed by atoms with Crippen LogP contribution in [0.1, 0.15) is 16.8 Å². The second kappa shape index (κ2) is 8.33. The molecule has 0 radical (unpaired) electrons. The van der Waals surface area contributed by atoms with Gasteiger partial charge in [0, 0.05) is 23.9 Å². The third-order valence-corrected chi connectivity index (χ3v) is 4.87. The van der Waals surface area contributed by atoms with Crippen LogP contribution in [0.5, 0.6) is 0 Å². The lowest BCUT2D eigenvalue weighted by atomic mass is 10.1. The molecule has 154 valence electrons. The highest BCUT2D eigenvalue weighted by molar-refractivity contribution is 6.33. The maximum atomic E-state index is 12.3. The number of nitrogens with one attached hydrogen (secondary N) is 1. The van der Waals surface area contributed by atoms with E-state index in [1.54, 1.807) is 29.8 Å². The summed E-state index contributed by atoms with van der Waals surface area (Å²) in [5.74, 6) is -0.298. The van der Waals surface area contributed by atoms with Gasteiger partial charge in [0.25, 0.3) is 11.6 Å². The van der Waals surface area contributed by atoms with E-state index in [0.29, 0.717) is 22.0 Å². The number of nitro groups is 1. The van der Waals surface area contributed by atoms with Gasteiger partial charge in [-0.2, -0.15) is 10.2 Å². The molecule has 1 aliphatic rings. The Kier molecular flexibility index (Phi) is 5.42. The molecule has 0 unspecified atom stereocenters. The molecule has 4 rings (SSSR count). The number of halogens is 1. The second-order valence-corrected chi connectivity index (χ2v) is 6.94. The first kappa shape index (κ1) is 20.2. The first-order valence-corrected chi connectivity index (χ1v) is 9.51. The number of amidine groups is 1. The first-order chi connectivity index (χ1) is 14.9. The monoisotopic (exact) mass is 434 g/mol. The summed E-state index contributed by atoms with van der Waals surface area (Å²) in [4.78, 5) is 27.0. The zero-order valence-corrected chi connectivity index (χ0v) is 16.9. The molecule has 0 saturated carbocycles. The van der Waals surface area contributed by atoms with Gasteiger partial charge < -0.3 is 0 Å². The molecule has 0 spiro atoms. The summed E-state index contributed by atoms with van der Waals surface area (Å²) in [6, 6.07) is 15.4. The Bertz CT molecular complexity index is 1280. The lowest BCUT2D eigenvalue weighted by Crippen LogP contribution is -2.12. The Morgan fingerprint density at radius 2 is 1.97 bits per heavy atom. The van der Waals surface area contributed by atoms with Gasteiger partial charge in [0.15, 0.2) is 5.84 Å². The van der Waals surface area contributed by atoms with Gasteiger partial charge in [-0.3, -0.25) is 14.9 Å². The van der Waals surface area contributed by atoms with Crippen molar-refractivity contribution < 1.29 is 9.72 Å². The number of hydrazone groups is 1. The van der Waals surface area contributed by atoms with E-state index in [2.05, 4.69) is 20.6 Å². The van der Waals surface area contributed by atoms with Gasteiger partial charge in [0.05, 0.1) is 21.9 Å². The Morgan fingerprint density at radius 1 is 1.19 bits per heavy atom. The minimum Gasteiger partial charge on any atom is -0.267 e. The maximum Gasteiger partial charge on any atom is 0.275 e. The average molecular weight is 435 g/mol. The second-order valence-electron chi connectivity index (χ2n) is 6.58. The van der Waals surface area contributed by atoms with E-state index in [1.165, 1.54) is 18.3 Å². The number of nitrogens with zero attached hydrogens (tertiary/aromatic N) is 5. The van der Waals surface area contributed by atoms with Crippen LogP contribution in [0, 0.1) is 17.0 Å². The summed E-state index contributed by atoms with van der Waals surface area (Å²) in [6.45, 7) is 1.79. The summed E-state index contributed by atoms with van der Waals surface area (Å²) >= 11 is 6.54. The van der Waals surface area contributed by atoms with Crippen LogP contribution in [0.25, 0.3) is 11.8 Å². The van der Waals surface area contributed by atoms with Crippen molar-refractivity contribution >= 4 is 41.3 Å². The van der Waals surface area contributed by atoms with E-state index >= 15 is 0 Å². The summed E-state index contributed by atoms with van der Waals surface area (Å²) in [5.41, 5.74) is 5.00. The normalized spacial score (nSPS) is 14.8. The smallest absolute Gasteiger partial charge is 0.267 e. The number of para-hydroxylation sites is 1. The Balaban J connectivity index is 1.67. The molecule has 0 fully saturated rings. The number of aliphatic imine (C=N–C) groups is 1. The predicted octanol–water partition coefficient (Wildman–Crippen LogP) is 3.69. The van der Waals surface area contributed by atoms with Crippen molar-refractivity contribution in [3.8, 4) is 5.69 Å². The van der Waals surface area contributed by atoms with Gasteiger partial charge in [0.1, 0.15) is 5.15 Å². The van der Waals surface area contributed by atoms with Gasteiger partial charge in [-0.15, -0.1) is 0 Å². The van der Waals surface area contributed by atoms with E-state index in [0.717, 1.165) is 5.69 Å². The summed E-state index contributed by atoms with van der Waals surface area (Å²) in [5, 5.41) is 19.7. The molecule has 1 N–H and O–H groups in total. The molecular weight excluding hydrogens is 420 g/mol. The Labute approximate surface area is 181 Å². The van der Waals surface area contributed by atoms with Crippen molar-refractivity contribution in [2.75, 3.05) is 0 Å². The first-order valence-electron chi connectivity index (χ1n) is 9.13. The number of hydrogen-bond donors (Lipinski definition) is 1. The molecule has 1 amide bonds. The van der Waals surface area contributed by atoms with E-state index in [-0.39, 0.29) is 17.1 Å². The Hall–Kier alpha value is -4.11. The fourth-order valence-electron chi connectivity index (χ4n) is 2.97. The van der Waals surface area contributed by atoms with Crippen molar-refractivity contribution in [3.63, 3.8) is 0 Å². The molecule has 31 heavy (non-hydrogen) atoms. The van der Waals surface area contributed by atoms with E-state index < -0.39 is 10.8 Å². The van der Waals surface area contributed by atoms with Crippen molar-refractivity contribution in [1.82, 2.24) is 15.2 Å². The van der Waals surface area contributed by atoms with Crippen LogP contribution in [0.4, 0.5) is 5.69 Å². The van der Waals surface area contributed by atoms with Crippen LogP contribution >= 0.6 is 11.6 Å². The number of carbonyl (C=O) groups excluding carboxylic acids is 1. The molecule has 0 saturated heterocycles. The highest BCUT2D eigenvalue weighted by Gasteiger charge is 2.24. The number of rotatable bonds is 4. The molecule has 1 aliphatic heterocycles. The largest absolute Gasteiger partial charge is 0.275 e. The number of benzene rings is 2. The molecule has 3 aromatic rings. The molecule has 2 aromatic carbocycles. The van der Waals surface area contributed by atoms with Crippen LogP contribution in [-0.4, -0.2) is 32.7 Å². The van der Waals surface area contributed by atoms with Crippen LogP contribution in [0.3, 0.4) is 0 Å². The van der Waals surface area contributed by atoms with Gasteiger partial charge in [0.2, 0.25) is 0 Å². The number of amides is 1. The lowest BCUT2D eigenvalue weighted by molar-refractivity contribution is -0.384. The van der Waals surface area contributed by atoms with Crippen molar-refractivity contribution in [2.24, 2.45) is 10.1 Å². The quantitative estimate of drug-likeness (QED) is 0.292. The van der Waals surface area contributed by atoms with E-state index in [4.69, 9.17) is 11.6 Å². The molecule has 1 aromatic heterocycles. The third-order valence-electron chi connectivity index (χ3n) is 4.50. The number of nitro benzene ring substituents is 1. The average Bonchev–Trinajstić information content (AvgIpc) is 3.27. The molecule has 10 heteroatoms. The summed E-state index contributed by atoms with van der Waals surface area (Å²) in [7, 11) is 0. The number of carbonyl (C=O) groups is 1. The van der Waals surface area contributed by atoms with Gasteiger partial charge in [-0.25, -0.2) is 15.1 Å². The van der Waals surface area contributed by atoms with E-state index in [9.17, 15) is 14.9 Å². The molecule has 2 heterocycles. The maximum absolute atomic E-state index is 12.3. The highest BCUT2D eigenvalue weighted by Crippen LogP contribution is 2.26. The molecule has 9 nitrogen and oxygen atoms in total. The number of hydrogen-bond acceptors (Lipinski definition) is 6. The SMILES string of the molecule is Cc1nn(-c2ccccc2)c(Cl)c1/C=C1\C(=O)NN=C1N=Cc1cccc([N+](=O)[O-])c1. The topological polar surface area (TPSA) is 115 Å². The summed E-state index contributed by atoms with van der Waals surface area (Å²) in [6.07, 6.45) is 2.98. The molecular formula is C21H15ClN6O3. The van der Waals surface area contributed by atoms with Crippen molar-refractivity contribution in [3.05, 3.63) is 92.3 Å².